The lowest BCUT2D eigenvalue weighted by Crippen LogP contribution is -2.56. The van der Waals surface area contributed by atoms with E-state index in [1.165, 1.54) is 25.7 Å². The van der Waals surface area contributed by atoms with Crippen molar-refractivity contribution in [2.24, 2.45) is 10.9 Å². The van der Waals surface area contributed by atoms with E-state index in [9.17, 15) is 0 Å². The number of likely N-dealkylation sites (N-methyl/N-ethyl adjacent to an activating group) is 1. The zero-order valence-corrected chi connectivity index (χ0v) is 15.2. The first kappa shape index (κ1) is 19.2. The summed E-state index contributed by atoms with van der Waals surface area (Å²) in [6.45, 7) is 7.84. The maximum atomic E-state index is 5.36. The summed E-state index contributed by atoms with van der Waals surface area (Å²) in [5.41, 5.74) is 0.251. The number of hydrogen-bond acceptors (Lipinski definition) is 3. The molecule has 1 saturated carbocycles. The number of rotatable bonds is 8. The Bertz CT molecular complexity index is 333. The molecule has 1 aliphatic rings. The molecule has 0 radical (unpaired) electrons. The molecule has 0 bridgehead atoms. The van der Waals surface area contributed by atoms with Crippen LogP contribution < -0.4 is 10.6 Å². The van der Waals surface area contributed by atoms with Gasteiger partial charge in [-0.15, -0.1) is 0 Å². The summed E-state index contributed by atoms with van der Waals surface area (Å²) in [5.74, 6) is 1.70. The van der Waals surface area contributed by atoms with Gasteiger partial charge in [-0.3, -0.25) is 4.99 Å². The number of nitrogens with one attached hydrogen (secondary N) is 2. The topological polar surface area (TPSA) is 48.9 Å². The quantitative estimate of drug-likeness (QED) is 0.409. The van der Waals surface area contributed by atoms with Gasteiger partial charge in [0.2, 0.25) is 0 Å². The summed E-state index contributed by atoms with van der Waals surface area (Å²) in [5, 5.41) is 6.90. The molecule has 0 aliphatic heterocycles. The zero-order chi connectivity index (χ0) is 16.4. The van der Waals surface area contributed by atoms with E-state index in [-0.39, 0.29) is 5.54 Å². The lowest BCUT2D eigenvalue weighted by atomic mass is 9.75. The normalized spacial score (nSPS) is 26.3. The number of nitrogens with zero attached hydrogens (tertiary/aromatic N) is 2. The van der Waals surface area contributed by atoms with Crippen LogP contribution in [0.1, 0.15) is 46.0 Å². The van der Waals surface area contributed by atoms with Crippen molar-refractivity contribution >= 4 is 5.96 Å². The molecule has 130 valence electrons. The molecule has 22 heavy (non-hydrogen) atoms. The van der Waals surface area contributed by atoms with Gasteiger partial charge >= 0.3 is 0 Å². The molecular weight excluding hydrogens is 276 g/mol. The van der Waals surface area contributed by atoms with Gasteiger partial charge in [-0.05, 0) is 46.2 Å². The minimum Gasteiger partial charge on any atom is -0.382 e. The first-order valence-electron chi connectivity index (χ1n) is 8.73. The Balaban J connectivity index is 2.42. The van der Waals surface area contributed by atoms with Gasteiger partial charge in [-0.25, -0.2) is 0 Å². The molecule has 5 heteroatoms. The number of guanidine groups is 1. The molecule has 0 amide bonds. The average Bonchev–Trinajstić information content (AvgIpc) is 2.50. The molecule has 0 aromatic rings. The van der Waals surface area contributed by atoms with Crippen LogP contribution in [-0.2, 0) is 4.74 Å². The second kappa shape index (κ2) is 10.1. The van der Waals surface area contributed by atoms with Crippen molar-refractivity contribution in [1.82, 2.24) is 15.5 Å². The van der Waals surface area contributed by atoms with Gasteiger partial charge in [-0.1, -0.05) is 19.8 Å². The van der Waals surface area contributed by atoms with Gasteiger partial charge < -0.3 is 20.3 Å². The number of aliphatic imine (C=N–C) groups is 1. The lowest BCUT2D eigenvalue weighted by Gasteiger charge is -2.45. The van der Waals surface area contributed by atoms with Gasteiger partial charge in [0.05, 0.1) is 0 Å². The SMILES string of the molecule is CCOCCCNC(=NC)NCC1(N(C)C)CCCC(C)C1. The third-order valence-corrected chi connectivity index (χ3v) is 4.79. The van der Waals surface area contributed by atoms with E-state index in [0.29, 0.717) is 0 Å². The highest BCUT2D eigenvalue weighted by Gasteiger charge is 2.36. The minimum absolute atomic E-state index is 0.251. The van der Waals surface area contributed by atoms with Crippen LogP contribution in [-0.4, -0.2) is 63.8 Å². The average molecular weight is 313 g/mol. The van der Waals surface area contributed by atoms with E-state index in [1.807, 2.05) is 14.0 Å². The maximum absolute atomic E-state index is 5.36. The standard InChI is InChI=1S/C17H36N4O/c1-6-22-12-8-11-19-16(18-3)20-14-17(21(4)5)10-7-9-15(2)13-17/h15H,6-14H2,1-5H3,(H2,18,19,20). The fourth-order valence-electron chi connectivity index (χ4n) is 3.35. The van der Waals surface area contributed by atoms with E-state index in [0.717, 1.165) is 44.6 Å². The third kappa shape index (κ3) is 6.13. The predicted molar refractivity (Wildman–Crippen MR) is 94.5 cm³/mol. The van der Waals surface area contributed by atoms with Crippen LogP contribution in [0.5, 0.6) is 0 Å². The van der Waals surface area contributed by atoms with E-state index in [1.54, 1.807) is 0 Å². The van der Waals surface area contributed by atoms with E-state index in [2.05, 4.69) is 41.5 Å². The van der Waals surface area contributed by atoms with Crippen molar-refractivity contribution in [3.05, 3.63) is 0 Å². The second-order valence-electron chi connectivity index (χ2n) is 6.72. The van der Waals surface area contributed by atoms with E-state index in [4.69, 9.17) is 4.74 Å². The minimum atomic E-state index is 0.251. The summed E-state index contributed by atoms with van der Waals surface area (Å²) >= 11 is 0. The Kier molecular flexibility index (Phi) is 8.79. The number of ether oxygens (including phenoxy) is 1. The highest BCUT2D eigenvalue weighted by Crippen LogP contribution is 2.35. The van der Waals surface area contributed by atoms with Crippen molar-refractivity contribution in [2.45, 2.75) is 51.5 Å². The van der Waals surface area contributed by atoms with Crippen LogP contribution in [0.25, 0.3) is 0 Å². The van der Waals surface area contributed by atoms with Crippen LogP contribution in [0.4, 0.5) is 0 Å². The molecule has 0 spiro atoms. The second-order valence-corrected chi connectivity index (χ2v) is 6.72. The first-order valence-corrected chi connectivity index (χ1v) is 8.73. The van der Waals surface area contributed by atoms with Crippen LogP contribution in [0.3, 0.4) is 0 Å². The highest BCUT2D eigenvalue weighted by atomic mass is 16.5. The molecule has 2 atom stereocenters. The molecule has 1 aliphatic carbocycles. The van der Waals surface area contributed by atoms with Gasteiger partial charge in [0.25, 0.3) is 0 Å². The van der Waals surface area contributed by atoms with Gasteiger partial charge in [0, 0.05) is 38.9 Å². The summed E-state index contributed by atoms with van der Waals surface area (Å²) < 4.78 is 5.36. The van der Waals surface area contributed by atoms with Crippen molar-refractivity contribution in [3.8, 4) is 0 Å². The third-order valence-electron chi connectivity index (χ3n) is 4.79. The molecule has 2 N–H and O–H groups in total. The Labute approximate surface area is 136 Å². The Morgan fingerprint density at radius 2 is 2.14 bits per heavy atom. The summed E-state index contributed by atoms with van der Waals surface area (Å²) in [4.78, 5) is 6.74. The van der Waals surface area contributed by atoms with Crippen LogP contribution >= 0.6 is 0 Å². The van der Waals surface area contributed by atoms with E-state index >= 15 is 0 Å². The maximum Gasteiger partial charge on any atom is 0.191 e. The highest BCUT2D eigenvalue weighted by molar-refractivity contribution is 5.79. The molecule has 0 aromatic heterocycles. The van der Waals surface area contributed by atoms with Gasteiger partial charge in [0.1, 0.15) is 0 Å². The summed E-state index contributed by atoms with van der Waals surface area (Å²) in [6, 6.07) is 0. The molecule has 1 rings (SSSR count). The Hall–Kier alpha value is -0.810. The summed E-state index contributed by atoms with van der Waals surface area (Å²) in [7, 11) is 6.25. The smallest absolute Gasteiger partial charge is 0.191 e. The number of hydrogen-bond donors (Lipinski definition) is 2. The summed E-state index contributed by atoms with van der Waals surface area (Å²) in [6.07, 6.45) is 6.21. The molecular formula is C17H36N4O. The van der Waals surface area contributed by atoms with Crippen molar-refractivity contribution < 1.29 is 4.74 Å². The predicted octanol–water partition coefficient (Wildman–Crippen LogP) is 2.09. The van der Waals surface area contributed by atoms with Crippen molar-refractivity contribution in [3.63, 3.8) is 0 Å². The van der Waals surface area contributed by atoms with Crippen LogP contribution in [0.15, 0.2) is 4.99 Å². The molecule has 0 saturated heterocycles. The van der Waals surface area contributed by atoms with Crippen LogP contribution in [0, 0.1) is 5.92 Å². The fraction of sp³-hybridized carbons (Fsp3) is 0.941. The molecule has 0 heterocycles. The largest absolute Gasteiger partial charge is 0.382 e. The first-order chi connectivity index (χ1) is 10.5. The Morgan fingerprint density at radius 1 is 1.36 bits per heavy atom. The van der Waals surface area contributed by atoms with Crippen molar-refractivity contribution in [2.75, 3.05) is 47.4 Å². The monoisotopic (exact) mass is 312 g/mol. The van der Waals surface area contributed by atoms with Gasteiger partial charge in [0.15, 0.2) is 5.96 Å². The zero-order valence-electron chi connectivity index (χ0n) is 15.2. The fourth-order valence-corrected chi connectivity index (χ4v) is 3.35. The molecule has 2 unspecified atom stereocenters. The van der Waals surface area contributed by atoms with Gasteiger partial charge in [-0.2, -0.15) is 0 Å². The molecule has 5 nitrogen and oxygen atoms in total. The molecule has 0 aromatic carbocycles. The molecule has 1 fully saturated rings. The Morgan fingerprint density at radius 3 is 2.73 bits per heavy atom. The van der Waals surface area contributed by atoms with E-state index < -0.39 is 0 Å². The lowest BCUT2D eigenvalue weighted by molar-refractivity contribution is 0.0795. The van der Waals surface area contributed by atoms with Crippen LogP contribution in [0.2, 0.25) is 0 Å². The van der Waals surface area contributed by atoms with Crippen molar-refractivity contribution in [1.29, 1.82) is 0 Å².